The van der Waals surface area contributed by atoms with Gasteiger partial charge in [-0.05, 0) is 35.6 Å². The van der Waals surface area contributed by atoms with Crippen LogP contribution in [0.3, 0.4) is 0 Å². The zero-order valence-electron chi connectivity index (χ0n) is 14.7. The first kappa shape index (κ1) is 16.8. The molecule has 0 aliphatic carbocycles. The Balaban J connectivity index is 1.76. The predicted molar refractivity (Wildman–Crippen MR) is 99.9 cm³/mol. The summed E-state index contributed by atoms with van der Waals surface area (Å²) in [5.74, 6) is 1.56. The van der Waals surface area contributed by atoms with Gasteiger partial charge < -0.3 is 10.6 Å². The minimum absolute atomic E-state index is 0.417. The number of aryl methyl sites for hydroxylation is 1. The molecule has 2 heterocycles. The Labute approximate surface area is 147 Å². The number of hydrogen-bond donors (Lipinski definition) is 2. The molecule has 3 rings (SSSR count). The molecule has 6 nitrogen and oxygen atoms in total. The van der Waals surface area contributed by atoms with Crippen LogP contribution in [0.4, 0.5) is 17.5 Å². The predicted octanol–water partition coefficient (Wildman–Crippen LogP) is 4.05. The third-order valence-electron chi connectivity index (χ3n) is 3.91. The molecule has 0 radical (unpaired) electrons. The first-order valence-electron chi connectivity index (χ1n) is 8.32. The fourth-order valence-electron chi connectivity index (χ4n) is 2.59. The third-order valence-corrected chi connectivity index (χ3v) is 3.91. The van der Waals surface area contributed by atoms with Crippen molar-refractivity contribution in [1.82, 2.24) is 20.2 Å². The van der Waals surface area contributed by atoms with Crippen molar-refractivity contribution < 1.29 is 0 Å². The van der Waals surface area contributed by atoms with Crippen LogP contribution in [0.5, 0.6) is 0 Å². The van der Waals surface area contributed by atoms with Gasteiger partial charge in [0.1, 0.15) is 0 Å². The lowest BCUT2D eigenvalue weighted by Crippen LogP contribution is -2.07. The van der Waals surface area contributed by atoms with Crippen LogP contribution in [-0.2, 0) is 6.54 Å². The largest absolute Gasteiger partial charge is 0.349 e. The SMILES string of the molecule is Cc1cccc(C(C)C)c1Nc1cnnc(NCc2cccnc2)n1. The van der Waals surface area contributed by atoms with Gasteiger partial charge in [-0.1, -0.05) is 38.1 Å². The monoisotopic (exact) mass is 334 g/mol. The van der Waals surface area contributed by atoms with Crippen molar-refractivity contribution >= 4 is 17.5 Å². The second-order valence-corrected chi connectivity index (χ2v) is 6.20. The van der Waals surface area contributed by atoms with Crippen LogP contribution >= 0.6 is 0 Å². The average Bonchev–Trinajstić information content (AvgIpc) is 2.63. The van der Waals surface area contributed by atoms with Crippen LogP contribution in [0.15, 0.2) is 48.9 Å². The molecule has 6 heteroatoms. The van der Waals surface area contributed by atoms with Gasteiger partial charge in [0.2, 0.25) is 5.95 Å². The van der Waals surface area contributed by atoms with Gasteiger partial charge >= 0.3 is 0 Å². The highest BCUT2D eigenvalue weighted by Gasteiger charge is 2.10. The molecule has 25 heavy (non-hydrogen) atoms. The fraction of sp³-hybridized carbons (Fsp3) is 0.263. The Morgan fingerprint density at radius 1 is 1.08 bits per heavy atom. The van der Waals surface area contributed by atoms with Crippen molar-refractivity contribution in [1.29, 1.82) is 0 Å². The van der Waals surface area contributed by atoms with E-state index in [1.807, 2.05) is 18.3 Å². The highest BCUT2D eigenvalue weighted by atomic mass is 15.3. The number of rotatable bonds is 6. The molecule has 0 atom stereocenters. The zero-order valence-corrected chi connectivity index (χ0v) is 14.7. The van der Waals surface area contributed by atoms with E-state index in [0.717, 1.165) is 11.3 Å². The van der Waals surface area contributed by atoms with Crippen LogP contribution in [0.1, 0.15) is 36.5 Å². The molecule has 0 spiro atoms. The van der Waals surface area contributed by atoms with E-state index in [2.05, 4.69) is 69.8 Å². The molecule has 0 saturated carbocycles. The molecule has 0 saturated heterocycles. The molecule has 0 unspecified atom stereocenters. The molecule has 128 valence electrons. The average molecular weight is 334 g/mol. The maximum atomic E-state index is 4.51. The maximum absolute atomic E-state index is 4.51. The molecule has 1 aromatic carbocycles. The van der Waals surface area contributed by atoms with Gasteiger partial charge in [-0.2, -0.15) is 10.1 Å². The number of hydrogen-bond acceptors (Lipinski definition) is 6. The van der Waals surface area contributed by atoms with E-state index in [1.54, 1.807) is 12.4 Å². The Morgan fingerprint density at radius 2 is 1.96 bits per heavy atom. The van der Waals surface area contributed by atoms with Crippen molar-refractivity contribution in [3.05, 3.63) is 65.6 Å². The number of para-hydroxylation sites is 1. The highest BCUT2D eigenvalue weighted by Crippen LogP contribution is 2.29. The van der Waals surface area contributed by atoms with E-state index in [4.69, 9.17) is 0 Å². The molecule has 2 aromatic heterocycles. The number of pyridine rings is 1. The summed E-state index contributed by atoms with van der Waals surface area (Å²) < 4.78 is 0. The molecule has 2 N–H and O–H groups in total. The molecule has 0 fully saturated rings. The second kappa shape index (κ2) is 7.70. The Bertz CT molecular complexity index is 832. The Morgan fingerprint density at radius 3 is 2.72 bits per heavy atom. The van der Waals surface area contributed by atoms with Crippen molar-refractivity contribution in [3.8, 4) is 0 Å². The lowest BCUT2D eigenvalue weighted by molar-refractivity contribution is 0.866. The van der Waals surface area contributed by atoms with Crippen molar-refractivity contribution in [2.45, 2.75) is 33.2 Å². The van der Waals surface area contributed by atoms with E-state index < -0.39 is 0 Å². The van der Waals surface area contributed by atoms with E-state index in [-0.39, 0.29) is 0 Å². The molecule has 0 aliphatic heterocycles. The molecule has 0 aliphatic rings. The Hall–Kier alpha value is -3.02. The summed E-state index contributed by atoms with van der Waals surface area (Å²) in [6.45, 7) is 7.04. The van der Waals surface area contributed by atoms with Crippen molar-refractivity contribution in [2.75, 3.05) is 10.6 Å². The summed E-state index contributed by atoms with van der Waals surface area (Å²) in [6, 6.07) is 10.2. The van der Waals surface area contributed by atoms with Gasteiger partial charge in [0.15, 0.2) is 5.82 Å². The van der Waals surface area contributed by atoms with Gasteiger partial charge in [0.05, 0.1) is 6.20 Å². The fourth-order valence-corrected chi connectivity index (χ4v) is 2.59. The number of nitrogens with zero attached hydrogens (tertiary/aromatic N) is 4. The molecule has 3 aromatic rings. The van der Waals surface area contributed by atoms with Crippen molar-refractivity contribution in [3.63, 3.8) is 0 Å². The van der Waals surface area contributed by atoms with Crippen molar-refractivity contribution in [2.24, 2.45) is 0 Å². The molecule has 0 amide bonds. The first-order chi connectivity index (χ1) is 12.1. The smallest absolute Gasteiger partial charge is 0.244 e. The Kier molecular flexibility index (Phi) is 5.18. The van der Waals surface area contributed by atoms with E-state index in [9.17, 15) is 0 Å². The number of anilines is 3. The normalized spacial score (nSPS) is 10.7. The summed E-state index contributed by atoms with van der Waals surface area (Å²) in [5, 5.41) is 14.7. The van der Waals surface area contributed by atoms with E-state index >= 15 is 0 Å². The van der Waals surface area contributed by atoms with Crippen LogP contribution in [0.25, 0.3) is 0 Å². The molecular weight excluding hydrogens is 312 g/mol. The number of benzene rings is 1. The number of nitrogens with one attached hydrogen (secondary N) is 2. The van der Waals surface area contributed by atoms with Gasteiger partial charge in [0, 0.05) is 24.6 Å². The van der Waals surface area contributed by atoms with Crippen LogP contribution in [0.2, 0.25) is 0 Å². The van der Waals surface area contributed by atoms with Gasteiger partial charge in [-0.3, -0.25) is 4.98 Å². The molecular formula is C19H22N6. The van der Waals surface area contributed by atoms with Crippen LogP contribution < -0.4 is 10.6 Å². The van der Waals surface area contributed by atoms with Gasteiger partial charge in [-0.25, -0.2) is 0 Å². The molecule has 0 bridgehead atoms. The van der Waals surface area contributed by atoms with Gasteiger partial charge in [-0.15, -0.1) is 5.10 Å². The first-order valence-corrected chi connectivity index (χ1v) is 8.32. The minimum Gasteiger partial charge on any atom is -0.349 e. The van der Waals surface area contributed by atoms with E-state index in [0.29, 0.717) is 24.2 Å². The van der Waals surface area contributed by atoms with Crippen LogP contribution in [-0.4, -0.2) is 20.2 Å². The third kappa shape index (κ3) is 4.29. The lowest BCUT2D eigenvalue weighted by Gasteiger charge is -2.16. The standard InChI is InChI=1S/C19H22N6/c1-13(2)16-8-4-6-14(3)18(16)23-17-12-22-25-19(24-17)21-11-15-7-5-9-20-10-15/h4-10,12-13H,11H2,1-3H3,(H2,21,23,24,25). The summed E-state index contributed by atoms with van der Waals surface area (Å²) in [4.78, 5) is 8.61. The van der Waals surface area contributed by atoms with Crippen LogP contribution in [0, 0.1) is 6.92 Å². The summed E-state index contributed by atoms with van der Waals surface area (Å²) in [6.07, 6.45) is 5.19. The number of aromatic nitrogens is 4. The second-order valence-electron chi connectivity index (χ2n) is 6.20. The topological polar surface area (TPSA) is 75.6 Å². The quantitative estimate of drug-likeness (QED) is 0.708. The van der Waals surface area contributed by atoms with Gasteiger partial charge in [0.25, 0.3) is 0 Å². The highest BCUT2D eigenvalue weighted by molar-refractivity contribution is 5.65. The summed E-state index contributed by atoms with van der Waals surface area (Å²) in [7, 11) is 0. The minimum atomic E-state index is 0.417. The van der Waals surface area contributed by atoms with E-state index in [1.165, 1.54) is 11.1 Å². The summed E-state index contributed by atoms with van der Waals surface area (Å²) in [5.41, 5.74) is 4.57. The summed E-state index contributed by atoms with van der Waals surface area (Å²) >= 11 is 0. The zero-order chi connectivity index (χ0) is 17.6. The maximum Gasteiger partial charge on any atom is 0.244 e. The lowest BCUT2D eigenvalue weighted by atomic mass is 9.98.